The monoisotopic (exact) mass is 329 g/mol. The first-order chi connectivity index (χ1) is 11.2. The van der Waals surface area contributed by atoms with Crippen LogP contribution < -0.4 is 11.1 Å². The van der Waals surface area contributed by atoms with Gasteiger partial charge in [-0.25, -0.2) is 0 Å². The van der Waals surface area contributed by atoms with Gasteiger partial charge < -0.3 is 16.0 Å². The predicted molar refractivity (Wildman–Crippen MR) is 91.8 cm³/mol. The number of anilines is 1. The number of likely N-dealkylation sites (tertiary alicyclic amines) is 1. The molecule has 0 saturated carbocycles. The molecule has 5 nitrogen and oxygen atoms in total. The maximum Gasteiger partial charge on any atom is 0.265 e. The predicted octanol–water partition coefficient (Wildman–Crippen LogP) is 2.42. The normalized spacial score (nSPS) is 17.3. The van der Waals surface area contributed by atoms with E-state index in [4.69, 9.17) is 5.73 Å². The highest BCUT2D eigenvalue weighted by atomic mass is 32.1. The van der Waals surface area contributed by atoms with Crippen molar-refractivity contribution in [1.82, 2.24) is 4.90 Å². The summed E-state index contributed by atoms with van der Waals surface area (Å²) in [6, 6.07) is 10.7. The van der Waals surface area contributed by atoms with Crippen LogP contribution >= 0.6 is 11.3 Å². The second-order valence-electron chi connectivity index (χ2n) is 5.62. The summed E-state index contributed by atoms with van der Waals surface area (Å²) in [7, 11) is 0. The Hall–Kier alpha value is -2.18. The first kappa shape index (κ1) is 15.7. The van der Waals surface area contributed by atoms with E-state index in [-0.39, 0.29) is 11.8 Å². The van der Waals surface area contributed by atoms with Gasteiger partial charge in [-0.05, 0) is 42.5 Å². The number of rotatable bonds is 4. The molecule has 1 aromatic carbocycles. The van der Waals surface area contributed by atoms with Crippen LogP contribution in [-0.4, -0.2) is 36.3 Å². The highest BCUT2D eigenvalue weighted by molar-refractivity contribution is 7.12. The Bertz CT molecular complexity index is 700. The van der Waals surface area contributed by atoms with E-state index in [1.807, 2.05) is 28.5 Å². The van der Waals surface area contributed by atoms with Crippen LogP contribution in [-0.2, 0) is 0 Å². The highest BCUT2D eigenvalue weighted by Gasteiger charge is 2.27. The number of carbonyl (C=O) groups is 2. The van der Waals surface area contributed by atoms with Gasteiger partial charge in [0.05, 0.1) is 16.1 Å². The van der Waals surface area contributed by atoms with Crippen LogP contribution in [0.15, 0.2) is 41.8 Å². The number of nitrogens with one attached hydrogen (secondary N) is 1. The SMILES string of the molecule is NCC1CCN(C(=O)c2ccccc2NC(=O)c2cccs2)C1. The summed E-state index contributed by atoms with van der Waals surface area (Å²) in [5.41, 5.74) is 6.76. The molecule has 1 unspecified atom stereocenters. The van der Waals surface area contributed by atoms with E-state index in [0.717, 1.165) is 6.42 Å². The Labute approximate surface area is 139 Å². The summed E-state index contributed by atoms with van der Waals surface area (Å²) in [5.74, 6) is 0.122. The number of nitrogens with two attached hydrogens (primary N) is 1. The summed E-state index contributed by atoms with van der Waals surface area (Å²) >= 11 is 1.37. The zero-order valence-electron chi connectivity index (χ0n) is 12.7. The molecule has 2 aromatic rings. The molecule has 3 N–H and O–H groups in total. The molecule has 0 spiro atoms. The quantitative estimate of drug-likeness (QED) is 0.904. The third-order valence-electron chi connectivity index (χ3n) is 4.06. The maximum atomic E-state index is 12.7. The van der Waals surface area contributed by atoms with Crippen LogP contribution in [0.25, 0.3) is 0 Å². The van der Waals surface area contributed by atoms with Crippen molar-refractivity contribution in [2.75, 3.05) is 25.0 Å². The number of nitrogens with zero attached hydrogens (tertiary/aromatic N) is 1. The third kappa shape index (κ3) is 3.43. The van der Waals surface area contributed by atoms with Crippen LogP contribution in [0.3, 0.4) is 0 Å². The van der Waals surface area contributed by atoms with Gasteiger partial charge in [0.2, 0.25) is 0 Å². The van der Waals surface area contributed by atoms with Gasteiger partial charge in [0.25, 0.3) is 11.8 Å². The molecule has 120 valence electrons. The lowest BCUT2D eigenvalue weighted by atomic mass is 10.1. The fourth-order valence-electron chi connectivity index (χ4n) is 2.75. The molecule has 1 fully saturated rings. The molecule has 0 bridgehead atoms. The zero-order chi connectivity index (χ0) is 16.2. The Morgan fingerprint density at radius 3 is 2.78 bits per heavy atom. The van der Waals surface area contributed by atoms with E-state index in [2.05, 4.69) is 5.32 Å². The third-order valence-corrected chi connectivity index (χ3v) is 4.93. The standard InChI is InChI=1S/C17H19N3O2S/c18-10-12-7-8-20(11-12)17(22)13-4-1-2-5-14(13)19-16(21)15-6-3-9-23-15/h1-6,9,12H,7-8,10-11,18H2,(H,19,21). The molecule has 2 amide bonds. The molecule has 1 aliphatic heterocycles. The van der Waals surface area contributed by atoms with Crippen LogP contribution in [0.1, 0.15) is 26.5 Å². The van der Waals surface area contributed by atoms with Gasteiger partial charge in [-0.1, -0.05) is 18.2 Å². The fraction of sp³-hybridized carbons (Fsp3) is 0.294. The van der Waals surface area contributed by atoms with E-state index in [1.54, 1.807) is 18.2 Å². The summed E-state index contributed by atoms with van der Waals surface area (Å²) in [4.78, 5) is 27.4. The summed E-state index contributed by atoms with van der Waals surface area (Å²) in [6.07, 6.45) is 0.936. The first-order valence-electron chi connectivity index (χ1n) is 7.62. The molecule has 1 aliphatic rings. The van der Waals surface area contributed by atoms with Crippen LogP contribution in [0.5, 0.6) is 0 Å². The van der Waals surface area contributed by atoms with Gasteiger partial charge in [0.1, 0.15) is 0 Å². The molecule has 1 aromatic heterocycles. The van der Waals surface area contributed by atoms with E-state index in [9.17, 15) is 9.59 Å². The minimum absolute atomic E-state index is 0.0528. The Balaban J connectivity index is 1.78. The summed E-state index contributed by atoms with van der Waals surface area (Å²) in [6.45, 7) is 2.00. The molecule has 6 heteroatoms. The lowest BCUT2D eigenvalue weighted by Crippen LogP contribution is -2.30. The largest absolute Gasteiger partial charge is 0.338 e. The molecule has 1 atom stereocenters. The Morgan fingerprint density at radius 2 is 2.09 bits per heavy atom. The van der Waals surface area contributed by atoms with Gasteiger partial charge in [0.15, 0.2) is 0 Å². The van der Waals surface area contributed by atoms with E-state index in [1.165, 1.54) is 11.3 Å². The van der Waals surface area contributed by atoms with Crippen LogP contribution in [0, 0.1) is 5.92 Å². The number of amides is 2. The molecular formula is C17H19N3O2S. The minimum atomic E-state index is -0.193. The van der Waals surface area contributed by atoms with Crippen LogP contribution in [0.4, 0.5) is 5.69 Å². The van der Waals surface area contributed by atoms with Crippen molar-refractivity contribution in [1.29, 1.82) is 0 Å². The van der Waals surface area contributed by atoms with E-state index < -0.39 is 0 Å². The van der Waals surface area contributed by atoms with Gasteiger partial charge >= 0.3 is 0 Å². The number of carbonyl (C=O) groups excluding carboxylic acids is 2. The van der Waals surface area contributed by atoms with Crippen molar-refractivity contribution in [3.8, 4) is 0 Å². The molecule has 0 radical (unpaired) electrons. The molecule has 23 heavy (non-hydrogen) atoms. The maximum absolute atomic E-state index is 12.7. The smallest absolute Gasteiger partial charge is 0.265 e. The van der Waals surface area contributed by atoms with Gasteiger partial charge in [-0.3, -0.25) is 9.59 Å². The average molecular weight is 329 g/mol. The summed E-state index contributed by atoms with van der Waals surface area (Å²) in [5, 5.41) is 4.69. The van der Waals surface area contributed by atoms with Crippen molar-refractivity contribution in [2.24, 2.45) is 11.7 Å². The minimum Gasteiger partial charge on any atom is -0.338 e. The zero-order valence-corrected chi connectivity index (χ0v) is 13.5. The van der Waals surface area contributed by atoms with E-state index >= 15 is 0 Å². The molecular weight excluding hydrogens is 310 g/mol. The fourth-order valence-corrected chi connectivity index (χ4v) is 3.37. The topological polar surface area (TPSA) is 75.4 Å². The lowest BCUT2D eigenvalue weighted by Gasteiger charge is -2.18. The number of hydrogen-bond donors (Lipinski definition) is 2. The van der Waals surface area contributed by atoms with E-state index in [0.29, 0.717) is 41.7 Å². The Kier molecular flexibility index (Phi) is 4.73. The van der Waals surface area contributed by atoms with Crippen LogP contribution in [0.2, 0.25) is 0 Å². The van der Waals surface area contributed by atoms with Crippen molar-refractivity contribution in [3.05, 3.63) is 52.2 Å². The highest BCUT2D eigenvalue weighted by Crippen LogP contribution is 2.23. The second-order valence-corrected chi connectivity index (χ2v) is 6.57. The number of para-hydroxylation sites is 1. The molecule has 1 saturated heterocycles. The molecule has 3 rings (SSSR count). The van der Waals surface area contributed by atoms with Crippen molar-refractivity contribution >= 4 is 28.8 Å². The molecule has 2 heterocycles. The second kappa shape index (κ2) is 6.93. The lowest BCUT2D eigenvalue weighted by molar-refractivity contribution is 0.0788. The van der Waals surface area contributed by atoms with Crippen molar-refractivity contribution < 1.29 is 9.59 Å². The van der Waals surface area contributed by atoms with Gasteiger partial charge in [-0.15, -0.1) is 11.3 Å². The van der Waals surface area contributed by atoms with Crippen molar-refractivity contribution in [2.45, 2.75) is 6.42 Å². The number of benzene rings is 1. The molecule has 0 aliphatic carbocycles. The van der Waals surface area contributed by atoms with Crippen molar-refractivity contribution in [3.63, 3.8) is 0 Å². The Morgan fingerprint density at radius 1 is 1.26 bits per heavy atom. The van der Waals surface area contributed by atoms with Gasteiger partial charge in [-0.2, -0.15) is 0 Å². The number of hydrogen-bond acceptors (Lipinski definition) is 4. The van der Waals surface area contributed by atoms with Gasteiger partial charge in [0, 0.05) is 13.1 Å². The first-order valence-corrected chi connectivity index (χ1v) is 8.50. The number of thiophene rings is 1. The summed E-state index contributed by atoms with van der Waals surface area (Å²) < 4.78 is 0. The average Bonchev–Trinajstić information content (AvgIpc) is 3.26.